The number of hydrogen-bond acceptors (Lipinski definition) is 5. The van der Waals surface area contributed by atoms with E-state index in [-0.39, 0.29) is 24.8 Å². The van der Waals surface area contributed by atoms with Crippen molar-refractivity contribution in [3.05, 3.63) is 65.7 Å². The van der Waals surface area contributed by atoms with Crippen LogP contribution in [-0.4, -0.2) is 43.6 Å². The van der Waals surface area contributed by atoms with Gasteiger partial charge >= 0.3 is 5.97 Å². The van der Waals surface area contributed by atoms with E-state index >= 15 is 0 Å². The monoisotopic (exact) mass is 381 g/mol. The van der Waals surface area contributed by atoms with Gasteiger partial charge in [0.05, 0.1) is 13.5 Å². The van der Waals surface area contributed by atoms with Crippen LogP contribution < -0.4 is 9.47 Å². The van der Waals surface area contributed by atoms with Crippen LogP contribution in [0.2, 0.25) is 0 Å². The van der Waals surface area contributed by atoms with Gasteiger partial charge in [-0.3, -0.25) is 9.59 Å². The average molecular weight is 381 g/mol. The Balaban J connectivity index is 1.70. The lowest BCUT2D eigenvalue weighted by molar-refractivity contribution is -0.141. The van der Waals surface area contributed by atoms with Crippen LogP contribution in [0.15, 0.2) is 54.6 Å². The van der Waals surface area contributed by atoms with E-state index in [1.807, 2.05) is 48.5 Å². The molecule has 0 saturated heterocycles. The van der Waals surface area contributed by atoms with Crippen molar-refractivity contribution in [3.63, 3.8) is 0 Å². The van der Waals surface area contributed by atoms with Gasteiger partial charge < -0.3 is 19.1 Å². The molecule has 1 amide bonds. The number of fused-ring (bicyclic) bond motifs is 1. The number of carbonyl (C=O) groups is 2. The molecule has 1 aliphatic rings. The van der Waals surface area contributed by atoms with Crippen molar-refractivity contribution in [2.75, 3.05) is 26.9 Å². The highest BCUT2D eigenvalue weighted by atomic mass is 16.6. The summed E-state index contributed by atoms with van der Waals surface area (Å²) in [7, 11) is 1.34. The van der Waals surface area contributed by atoms with Crippen LogP contribution in [0.1, 0.15) is 17.5 Å². The minimum atomic E-state index is -0.346. The summed E-state index contributed by atoms with van der Waals surface area (Å²) in [6.45, 7) is 1.75. The van der Waals surface area contributed by atoms with Crippen molar-refractivity contribution in [2.24, 2.45) is 0 Å². The third-order valence-corrected chi connectivity index (χ3v) is 4.33. The van der Waals surface area contributed by atoms with Crippen LogP contribution in [-0.2, 0) is 20.9 Å². The molecule has 28 heavy (non-hydrogen) atoms. The highest BCUT2D eigenvalue weighted by Gasteiger charge is 2.14. The second-order valence-corrected chi connectivity index (χ2v) is 6.31. The maximum Gasteiger partial charge on any atom is 0.307 e. The first-order chi connectivity index (χ1) is 13.7. The second kappa shape index (κ2) is 9.60. The Labute approximate surface area is 164 Å². The molecule has 1 heterocycles. The van der Waals surface area contributed by atoms with Gasteiger partial charge in [0.25, 0.3) is 0 Å². The zero-order valence-electron chi connectivity index (χ0n) is 15.8. The number of carbonyl (C=O) groups excluding carboxylic acids is 2. The first-order valence-electron chi connectivity index (χ1n) is 9.13. The lowest BCUT2D eigenvalue weighted by Gasteiger charge is -2.21. The fraction of sp³-hybridized carbons (Fsp3) is 0.273. The van der Waals surface area contributed by atoms with Crippen molar-refractivity contribution in [1.29, 1.82) is 0 Å². The zero-order chi connectivity index (χ0) is 19.8. The number of esters is 1. The topological polar surface area (TPSA) is 65.1 Å². The van der Waals surface area contributed by atoms with Crippen LogP contribution in [0.25, 0.3) is 6.08 Å². The van der Waals surface area contributed by atoms with Gasteiger partial charge in [0.2, 0.25) is 5.91 Å². The number of methoxy groups -OCH3 is 1. The van der Waals surface area contributed by atoms with E-state index in [9.17, 15) is 9.59 Å². The number of hydrogen-bond donors (Lipinski definition) is 0. The van der Waals surface area contributed by atoms with Gasteiger partial charge in [0.15, 0.2) is 11.5 Å². The molecular formula is C22H23NO5. The second-order valence-electron chi connectivity index (χ2n) is 6.31. The smallest absolute Gasteiger partial charge is 0.307 e. The maximum absolute atomic E-state index is 12.7. The largest absolute Gasteiger partial charge is 0.486 e. The number of ether oxygens (including phenoxy) is 3. The van der Waals surface area contributed by atoms with Gasteiger partial charge in [0, 0.05) is 19.2 Å². The predicted molar refractivity (Wildman–Crippen MR) is 105 cm³/mol. The summed E-state index contributed by atoms with van der Waals surface area (Å²) in [5.74, 6) is 0.857. The van der Waals surface area contributed by atoms with Crippen LogP contribution in [0.4, 0.5) is 0 Å². The molecule has 0 bridgehead atoms. The molecule has 1 aliphatic heterocycles. The molecule has 6 nitrogen and oxygen atoms in total. The van der Waals surface area contributed by atoms with Gasteiger partial charge in [-0.1, -0.05) is 36.4 Å². The summed E-state index contributed by atoms with van der Waals surface area (Å²) in [5.41, 5.74) is 1.83. The molecule has 0 fully saturated rings. The lowest BCUT2D eigenvalue weighted by Crippen LogP contribution is -2.31. The minimum absolute atomic E-state index is 0.146. The Bertz CT molecular complexity index is 847. The Kier molecular flexibility index (Phi) is 6.68. The van der Waals surface area contributed by atoms with Crippen molar-refractivity contribution < 1.29 is 23.8 Å². The number of amides is 1. The molecule has 0 N–H and O–H groups in total. The van der Waals surface area contributed by atoms with Gasteiger partial charge in [-0.2, -0.15) is 0 Å². The molecule has 0 spiro atoms. The van der Waals surface area contributed by atoms with E-state index < -0.39 is 0 Å². The van der Waals surface area contributed by atoms with E-state index in [1.165, 1.54) is 13.2 Å². The Hall–Kier alpha value is -3.28. The molecule has 0 radical (unpaired) electrons. The van der Waals surface area contributed by atoms with Gasteiger partial charge in [-0.05, 0) is 29.3 Å². The Morgan fingerprint density at radius 1 is 1.07 bits per heavy atom. The molecule has 2 aromatic carbocycles. The van der Waals surface area contributed by atoms with E-state index in [0.717, 1.165) is 11.1 Å². The third kappa shape index (κ3) is 5.36. The van der Waals surface area contributed by atoms with Gasteiger partial charge in [-0.25, -0.2) is 0 Å². The molecule has 0 atom stereocenters. The van der Waals surface area contributed by atoms with Crippen molar-refractivity contribution in [3.8, 4) is 11.5 Å². The standard InChI is InChI=1S/C22H23NO5/c1-26-22(25)11-12-23(16-18-5-3-2-4-6-18)21(24)10-8-17-7-9-19-20(15-17)28-14-13-27-19/h2-10,15H,11-14,16H2,1H3/b10-8+. The minimum Gasteiger partial charge on any atom is -0.486 e. The van der Waals surface area contributed by atoms with Crippen LogP contribution in [0.5, 0.6) is 11.5 Å². The molecule has 146 valence electrons. The summed E-state index contributed by atoms with van der Waals surface area (Å²) >= 11 is 0. The summed E-state index contributed by atoms with van der Waals surface area (Å²) in [6, 6.07) is 15.2. The lowest BCUT2D eigenvalue weighted by atomic mass is 10.1. The molecule has 0 aromatic heterocycles. The van der Waals surface area contributed by atoms with E-state index in [1.54, 1.807) is 11.0 Å². The maximum atomic E-state index is 12.7. The summed E-state index contributed by atoms with van der Waals surface area (Å²) in [5, 5.41) is 0. The summed E-state index contributed by atoms with van der Waals surface area (Å²) < 4.78 is 15.8. The van der Waals surface area contributed by atoms with E-state index in [2.05, 4.69) is 0 Å². The highest BCUT2D eigenvalue weighted by Crippen LogP contribution is 2.31. The predicted octanol–water partition coefficient (Wildman–Crippen LogP) is 3.06. The molecule has 0 aliphatic carbocycles. The van der Waals surface area contributed by atoms with Crippen LogP contribution in [0, 0.1) is 0 Å². The number of benzene rings is 2. The van der Waals surface area contributed by atoms with Gasteiger partial charge in [-0.15, -0.1) is 0 Å². The molecule has 0 unspecified atom stereocenters. The third-order valence-electron chi connectivity index (χ3n) is 4.33. The number of nitrogens with zero attached hydrogens (tertiary/aromatic N) is 1. The van der Waals surface area contributed by atoms with Gasteiger partial charge in [0.1, 0.15) is 13.2 Å². The number of rotatable bonds is 7. The van der Waals surface area contributed by atoms with E-state index in [0.29, 0.717) is 31.3 Å². The fourth-order valence-electron chi connectivity index (χ4n) is 2.84. The highest BCUT2D eigenvalue weighted by molar-refractivity contribution is 5.92. The molecule has 3 rings (SSSR count). The summed E-state index contributed by atoms with van der Waals surface area (Å²) in [6.07, 6.45) is 3.38. The first-order valence-corrected chi connectivity index (χ1v) is 9.13. The molecular weight excluding hydrogens is 358 g/mol. The Morgan fingerprint density at radius 3 is 2.57 bits per heavy atom. The van der Waals surface area contributed by atoms with Crippen LogP contribution >= 0.6 is 0 Å². The van der Waals surface area contributed by atoms with Crippen molar-refractivity contribution >= 4 is 18.0 Å². The quantitative estimate of drug-likeness (QED) is 0.545. The van der Waals surface area contributed by atoms with E-state index in [4.69, 9.17) is 14.2 Å². The SMILES string of the molecule is COC(=O)CCN(Cc1ccccc1)C(=O)/C=C/c1ccc2c(c1)OCCO2. The first kappa shape index (κ1) is 19.5. The molecule has 2 aromatic rings. The molecule has 6 heteroatoms. The fourth-order valence-corrected chi connectivity index (χ4v) is 2.84. The molecule has 0 saturated carbocycles. The average Bonchev–Trinajstić information content (AvgIpc) is 2.75. The normalized spacial score (nSPS) is 12.6. The van der Waals surface area contributed by atoms with Crippen molar-refractivity contribution in [2.45, 2.75) is 13.0 Å². The van der Waals surface area contributed by atoms with Crippen molar-refractivity contribution in [1.82, 2.24) is 4.90 Å². The summed E-state index contributed by atoms with van der Waals surface area (Å²) in [4.78, 5) is 25.9. The Morgan fingerprint density at radius 2 is 1.82 bits per heavy atom. The zero-order valence-corrected chi connectivity index (χ0v) is 15.8. The van der Waals surface area contributed by atoms with Crippen LogP contribution in [0.3, 0.4) is 0 Å².